The average Bonchev–Trinajstić information content (AvgIpc) is 2.29. The Kier molecular flexibility index (Phi) is 4.68. The minimum absolute atomic E-state index is 0.146. The highest BCUT2D eigenvalue weighted by atomic mass is 16.1. The van der Waals surface area contributed by atoms with Crippen LogP contribution in [0, 0.1) is 12.3 Å². The van der Waals surface area contributed by atoms with Gasteiger partial charge in [-0.2, -0.15) is 0 Å². The van der Waals surface area contributed by atoms with Gasteiger partial charge in [-0.3, -0.25) is 4.79 Å². The first kappa shape index (κ1) is 11.9. The van der Waals surface area contributed by atoms with Gasteiger partial charge in [-0.1, -0.05) is 12.1 Å². The Morgan fingerprint density at radius 1 is 1.44 bits per heavy atom. The Morgan fingerprint density at radius 3 is 2.75 bits per heavy atom. The third-order valence-corrected chi connectivity index (χ3v) is 1.93. The van der Waals surface area contributed by atoms with Crippen molar-refractivity contribution >= 4 is 17.7 Å². The van der Waals surface area contributed by atoms with E-state index in [1.165, 1.54) is 6.08 Å². The molecule has 0 atom stereocenters. The van der Waals surface area contributed by atoms with Crippen LogP contribution in [-0.2, 0) is 4.79 Å². The summed E-state index contributed by atoms with van der Waals surface area (Å²) in [5, 5.41) is 2.67. The van der Waals surface area contributed by atoms with Gasteiger partial charge in [0.25, 0.3) is 0 Å². The van der Waals surface area contributed by atoms with Crippen molar-refractivity contribution in [2.75, 3.05) is 12.3 Å². The lowest BCUT2D eigenvalue weighted by Gasteiger charge is -1.97. The number of hydrogen-bond donors (Lipinski definition) is 2. The lowest BCUT2D eigenvalue weighted by molar-refractivity contribution is -0.116. The molecule has 0 aliphatic heterocycles. The van der Waals surface area contributed by atoms with Crippen molar-refractivity contribution in [2.45, 2.75) is 6.42 Å². The number of nitrogens with one attached hydrogen (secondary N) is 1. The molecule has 3 N–H and O–H groups in total. The molecule has 0 radical (unpaired) electrons. The van der Waals surface area contributed by atoms with Gasteiger partial charge < -0.3 is 11.1 Å². The van der Waals surface area contributed by atoms with E-state index in [1.54, 1.807) is 18.2 Å². The van der Waals surface area contributed by atoms with Gasteiger partial charge in [0.1, 0.15) is 0 Å². The molecule has 16 heavy (non-hydrogen) atoms. The van der Waals surface area contributed by atoms with E-state index in [0.717, 1.165) is 5.56 Å². The standard InChI is InChI=1S/C13H14N2O/c1-2-3-10-15-13(16)9-6-11-4-7-12(14)8-5-11/h1,4-9H,3,10,14H2,(H,15,16)/b9-6+. The maximum absolute atomic E-state index is 11.3. The highest BCUT2D eigenvalue weighted by Gasteiger charge is 1.93. The van der Waals surface area contributed by atoms with Crippen LogP contribution in [0.2, 0.25) is 0 Å². The van der Waals surface area contributed by atoms with Crippen LogP contribution >= 0.6 is 0 Å². The first-order valence-corrected chi connectivity index (χ1v) is 4.97. The normalized spacial score (nSPS) is 9.94. The van der Waals surface area contributed by atoms with E-state index >= 15 is 0 Å². The molecule has 0 unspecified atom stereocenters. The van der Waals surface area contributed by atoms with Crippen molar-refractivity contribution in [3.8, 4) is 12.3 Å². The van der Waals surface area contributed by atoms with Gasteiger partial charge in [0.05, 0.1) is 0 Å². The Morgan fingerprint density at radius 2 is 2.12 bits per heavy atom. The van der Waals surface area contributed by atoms with Crippen LogP contribution in [-0.4, -0.2) is 12.5 Å². The monoisotopic (exact) mass is 214 g/mol. The molecule has 0 saturated carbocycles. The van der Waals surface area contributed by atoms with Crippen LogP contribution in [0.3, 0.4) is 0 Å². The average molecular weight is 214 g/mol. The summed E-state index contributed by atoms with van der Waals surface area (Å²) in [7, 11) is 0. The molecule has 1 aromatic carbocycles. The highest BCUT2D eigenvalue weighted by molar-refractivity contribution is 5.91. The van der Waals surface area contributed by atoms with E-state index < -0.39 is 0 Å². The predicted molar refractivity (Wildman–Crippen MR) is 66.3 cm³/mol. The largest absolute Gasteiger partial charge is 0.399 e. The van der Waals surface area contributed by atoms with Crippen LogP contribution in [0.25, 0.3) is 6.08 Å². The number of carbonyl (C=O) groups is 1. The summed E-state index contributed by atoms with van der Waals surface area (Å²) in [4.78, 5) is 11.3. The van der Waals surface area contributed by atoms with Crippen LogP contribution < -0.4 is 11.1 Å². The van der Waals surface area contributed by atoms with E-state index in [-0.39, 0.29) is 5.91 Å². The molecule has 0 fully saturated rings. The van der Waals surface area contributed by atoms with Crippen molar-refractivity contribution in [1.29, 1.82) is 0 Å². The van der Waals surface area contributed by atoms with Crippen LogP contribution in [0.4, 0.5) is 5.69 Å². The van der Waals surface area contributed by atoms with E-state index in [2.05, 4.69) is 11.2 Å². The summed E-state index contributed by atoms with van der Waals surface area (Å²) >= 11 is 0. The van der Waals surface area contributed by atoms with Gasteiger partial charge in [0.2, 0.25) is 5.91 Å². The molecule has 3 heteroatoms. The van der Waals surface area contributed by atoms with Gasteiger partial charge in [0, 0.05) is 24.7 Å². The molecule has 0 aliphatic carbocycles. The molecular weight excluding hydrogens is 200 g/mol. The molecular formula is C13H14N2O. The number of amides is 1. The lowest BCUT2D eigenvalue weighted by atomic mass is 10.2. The second-order valence-electron chi connectivity index (χ2n) is 3.25. The van der Waals surface area contributed by atoms with Crippen molar-refractivity contribution in [2.24, 2.45) is 0 Å². The molecule has 0 heterocycles. The van der Waals surface area contributed by atoms with Crippen molar-refractivity contribution < 1.29 is 4.79 Å². The molecule has 82 valence electrons. The third kappa shape index (κ3) is 4.34. The molecule has 1 aromatic rings. The first-order valence-electron chi connectivity index (χ1n) is 4.97. The van der Waals surface area contributed by atoms with Crippen molar-refractivity contribution in [3.63, 3.8) is 0 Å². The fourth-order valence-corrected chi connectivity index (χ4v) is 1.10. The lowest BCUT2D eigenvalue weighted by Crippen LogP contribution is -2.21. The second-order valence-corrected chi connectivity index (χ2v) is 3.25. The van der Waals surface area contributed by atoms with Gasteiger partial charge in [-0.05, 0) is 23.8 Å². The SMILES string of the molecule is C#CCCNC(=O)/C=C/c1ccc(N)cc1. The van der Waals surface area contributed by atoms with E-state index in [4.69, 9.17) is 12.2 Å². The number of carbonyl (C=O) groups excluding carboxylic acids is 1. The van der Waals surface area contributed by atoms with E-state index in [9.17, 15) is 4.79 Å². The first-order chi connectivity index (χ1) is 7.72. The molecule has 0 aliphatic rings. The summed E-state index contributed by atoms with van der Waals surface area (Å²) < 4.78 is 0. The van der Waals surface area contributed by atoms with E-state index in [0.29, 0.717) is 18.7 Å². The number of benzene rings is 1. The summed E-state index contributed by atoms with van der Waals surface area (Å²) in [6, 6.07) is 7.27. The number of rotatable bonds is 4. The third-order valence-electron chi connectivity index (χ3n) is 1.93. The zero-order valence-electron chi connectivity index (χ0n) is 8.94. The molecule has 3 nitrogen and oxygen atoms in total. The minimum atomic E-state index is -0.146. The van der Waals surface area contributed by atoms with Gasteiger partial charge >= 0.3 is 0 Å². The van der Waals surface area contributed by atoms with Crippen LogP contribution in [0.15, 0.2) is 30.3 Å². The number of anilines is 1. The fraction of sp³-hybridized carbons (Fsp3) is 0.154. The summed E-state index contributed by atoms with van der Waals surface area (Å²) in [6.07, 6.45) is 8.81. The summed E-state index contributed by atoms with van der Waals surface area (Å²) in [5.41, 5.74) is 7.18. The maximum atomic E-state index is 11.3. The quantitative estimate of drug-likeness (QED) is 0.345. The zero-order chi connectivity index (χ0) is 11.8. The zero-order valence-corrected chi connectivity index (χ0v) is 8.94. The van der Waals surface area contributed by atoms with Gasteiger partial charge in [-0.15, -0.1) is 12.3 Å². The topological polar surface area (TPSA) is 55.1 Å². The van der Waals surface area contributed by atoms with Gasteiger partial charge in [-0.25, -0.2) is 0 Å². The Labute approximate surface area is 95.3 Å². The fourth-order valence-electron chi connectivity index (χ4n) is 1.10. The molecule has 0 saturated heterocycles. The van der Waals surface area contributed by atoms with Crippen molar-refractivity contribution in [1.82, 2.24) is 5.32 Å². The molecule has 0 bridgehead atoms. The molecule has 0 spiro atoms. The van der Waals surface area contributed by atoms with Crippen LogP contribution in [0.1, 0.15) is 12.0 Å². The number of hydrogen-bond acceptors (Lipinski definition) is 2. The minimum Gasteiger partial charge on any atom is -0.399 e. The van der Waals surface area contributed by atoms with E-state index in [1.807, 2.05) is 12.1 Å². The highest BCUT2D eigenvalue weighted by Crippen LogP contribution is 2.06. The molecule has 1 rings (SSSR count). The second kappa shape index (κ2) is 6.31. The summed E-state index contributed by atoms with van der Waals surface area (Å²) in [6.45, 7) is 0.501. The number of nitrogen functional groups attached to an aromatic ring is 1. The Balaban J connectivity index is 2.44. The van der Waals surface area contributed by atoms with Crippen LogP contribution in [0.5, 0.6) is 0 Å². The smallest absolute Gasteiger partial charge is 0.244 e. The maximum Gasteiger partial charge on any atom is 0.244 e. The molecule has 0 aromatic heterocycles. The number of terminal acetylenes is 1. The predicted octanol–water partition coefficient (Wildman–Crippen LogP) is 1.42. The Bertz CT molecular complexity index is 413. The Hall–Kier alpha value is -2.21. The number of nitrogens with two attached hydrogens (primary N) is 1. The van der Waals surface area contributed by atoms with Crippen molar-refractivity contribution in [3.05, 3.63) is 35.9 Å². The molecule has 1 amide bonds. The summed E-state index contributed by atoms with van der Waals surface area (Å²) in [5.74, 6) is 2.30. The van der Waals surface area contributed by atoms with Gasteiger partial charge in [0.15, 0.2) is 0 Å².